The lowest BCUT2D eigenvalue weighted by molar-refractivity contribution is -0.384. The number of hydrogen-bond donors (Lipinski definition) is 1. The topological polar surface area (TPSA) is 75.5 Å². The first-order valence-electron chi connectivity index (χ1n) is 6.51. The van der Waals surface area contributed by atoms with E-state index in [1.807, 2.05) is 0 Å². The number of nitro groups is 1. The van der Waals surface area contributed by atoms with Crippen LogP contribution in [0.5, 0.6) is 0 Å². The van der Waals surface area contributed by atoms with Crippen molar-refractivity contribution in [2.24, 2.45) is 0 Å². The number of nitrogens with zero attached hydrogens (tertiary/aromatic N) is 2. The first kappa shape index (κ1) is 16.7. The molecule has 2 aromatic carbocycles. The van der Waals surface area contributed by atoms with Gasteiger partial charge in [-0.05, 0) is 24.3 Å². The molecule has 23 heavy (non-hydrogen) atoms. The molecule has 0 aromatic heterocycles. The number of nitro benzene ring substituents is 1. The van der Waals surface area contributed by atoms with E-state index in [-0.39, 0.29) is 22.0 Å². The van der Waals surface area contributed by atoms with Crippen molar-refractivity contribution in [2.45, 2.75) is 0 Å². The minimum atomic E-state index is -0.668. The molecule has 1 N–H and O–H groups in total. The number of benzene rings is 2. The second-order valence-corrected chi connectivity index (χ2v) is 5.37. The summed E-state index contributed by atoms with van der Waals surface area (Å²) < 4.78 is 13.7. The van der Waals surface area contributed by atoms with Crippen LogP contribution in [0, 0.1) is 15.9 Å². The summed E-state index contributed by atoms with van der Waals surface area (Å²) in [5.74, 6) is -1.32. The SMILES string of the molecule is CN(C)c1ccc([N+](=O)[O-])cc1C(=O)Nc1cc(Cl)ccc1F. The van der Waals surface area contributed by atoms with Crippen molar-refractivity contribution in [3.05, 3.63) is 62.9 Å². The fraction of sp³-hybridized carbons (Fsp3) is 0.133. The Morgan fingerprint density at radius 1 is 1.26 bits per heavy atom. The van der Waals surface area contributed by atoms with E-state index in [1.165, 1.54) is 24.3 Å². The Bertz CT molecular complexity index is 781. The van der Waals surface area contributed by atoms with E-state index in [4.69, 9.17) is 11.6 Å². The maximum absolute atomic E-state index is 13.7. The van der Waals surface area contributed by atoms with E-state index in [1.54, 1.807) is 19.0 Å². The van der Waals surface area contributed by atoms with Gasteiger partial charge in [-0.15, -0.1) is 0 Å². The van der Waals surface area contributed by atoms with Crippen molar-refractivity contribution < 1.29 is 14.1 Å². The van der Waals surface area contributed by atoms with Gasteiger partial charge < -0.3 is 10.2 Å². The van der Waals surface area contributed by atoms with Gasteiger partial charge in [0.25, 0.3) is 11.6 Å². The molecule has 0 aliphatic carbocycles. The number of non-ortho nitro benzene ring substituents is 1. The van der Waals surface area contributed by atoms with Crippen LogP contribution in [0.15, 0.2) is 36.4 Å². The summed E-state index contributed by atoms with van der Waals surface area (Å²) in [6.45, 7) is 0. The van der Waals surface area contributed by atoms with Crippen molar-refractivity contribution in [2.75, 3.05) is 24.3 Å². The van der Waals surface area contributed by atoms with Gasteiger partial charge in [0.15, 0.2) is 0 Å². The van der Waals surface area contributed by atoms with Crippen LogP contribution in [-0.2, 0) is 0 Å². The molecule has 120 valence electrons. The summed E-state index contributed by atoms with van der Waals surface area (Å²) in [5.41, 5.74) is 0.199. The summed E-state index contributed by atoms with van der Waals surface area (Å²) in [4.78, 5) is 24.3. The maximum atomic E-state index is 13.7. The van der Waals surface area contributed by atoms with Gasteiger partial charge in [0.05, 0.1) is 16.2 Å². The molecule has 2 aromatic rings. The molecule has 0 unspecified atom stereocenters. The van der Waals surface area contributed by atoms with Crippen LogP contribution in [-0.4, -0.2) is 24.9 Å². The average Bonchev–Trinajstić information content (AvgIpc) is 2.50. The first-order chi connectivity index (χ1) is 10.8. The van der Waals surface area contributed by atoms with Crippen molar-refractivity contribution >= 4 is 34.6 Å². The molecule has 0 aliphatic heterocycles. The number of anilines is 2. The Balaban J connectivity index is 2.43. The predicted octanol–water partition coefficient (Wildman–Crippen LogP) is 3.71. The van der Waals surface area contributed by atoms with Gasteiger partial charge in [0, 0.05) is 36.9 Å². The van der Waals surface area contributed by atoms with E-state index < -0.39 is 16.6 Å². The van der Waals surface area contributed by atoms with Crippen LogP contribution in [0.1, 0.15) is 10.4 Å². The number of amides is 1. The summed E-state index contributed by atoms with van der Waals surface area (Å²) in [6.07, 6.45) is 0. The van der Waals surface area contributed by atoms with E-state index >= 15 is 0 Å². The van der Waals surface area contributed by atoms with E-state index in [0.717, 1.165) is 12.1 Å². The molecule has 6 nitrogen and oxygen atoms in total. The van der Waals surface area contributed by atoms with Crippen LogP contribution >= 0.6 is 11.6 Å². The Morgan fingerprint density at radius 2 is 1.96 bits per heavy atom. The van der Waals surface area contributed by atoms with Crippen molar-refractivity contribution in [1.82, 2.24) is 0 Å². The van der Waals surface area contributed by atoms with Gasteiger partial charge in [-0.25, -0.2) is 4.39 Å². The summed E-state index contributed by atoms with van der Waals surface area (Å²) in [7, 11) is 3.38. The first-order valence-corrected chi connectivity index (χ1v) is 6.89. The lowest BCUT2D eigenvalue weighted by Crippen LogP contribution is -2.19. The van der Waals surface area contributed by atoms with Gasteiger partial charge in [0.2, 0.25) is 0 Å². The third-order valence-corrected chi connectivity index (χ3v) is 3.33. The standard InChI is InChI=1S/C15H13ClFN3O3/c1-19(2)14-6-4-10(20(22)23)8-11(14)15(21)18-13-7-9(16)3-5-12(13)17/h3-8H,1-2H3,(H,18,21). The van der Waals surface area contributed by atoms with Crippen molar-refractivity contribution in [1.29, 1.82) is 0 Å². The highest BCUT2D eigenvalue weighted by molar-refractivity contribution is 6.31. The fourth-order valence-electron chi connectivity index (χ4n) is 1.99. The maximum Gasteiger partial charge on any atom is 0.270 e. The van der Waals surface area contributed by atoms with E-state index in [9.17, 15) is 19.3 Å². The molecule has 0 saturated carbocycles. The van der Waals surface area contributed by atoms with Crippen LogP contribution in [0.2, 0.25) is 5.02 Å². The summed E-state index contributed by atoms with van der Waals surface area (Å²) in [6, 6.07) is 7.64. The van der Waals surface area contributed by atoms with Gasteiger partial charge in [0.1, 0.15) is 5.82 Å². The van der Waals surface area contributed by atoms with Crippen LogP contribution in [0.4, 0.5) is 21.5 Å². The van der Waals surface area contributed by atoms with Crippen molar-refractivity contribution in [3.63, 3.8) is 0 Å². The number of nitrogens with one attached hydrogen (secondary N) is 1. The smallest absolute Gasteiger partial charge is 0.270 e. The Hall–Kier alpha value is -2.67. The Morgan fingerprint density at radius 3 is 2.57 bits per heavy atom. The third-order valence-electron chi connectivity index (χ3n) is 3.09. The molecule has 0 fully saturated rings. The normalized spacial score (nSPS) is 10.3. The monoisotopic (exact) mass is 337 g/mol. The zero-order valence-corrected chi connectivity index (χ0v) is 13.1. The third kappa shape index (κ3) is 3.75. The summed E-state index contributed by atoms with van der Waals surface area (Å²) >= 11 is 5.78. The molecule has 0 aliphatic rings. The number of hydrogen-bond acceptors (Lipinski definition) is 4. The van der Waals surface area contributed by atoms with E-state index in [2.05, 4.69) is 5.32 Å². The number of rotatable bonds is 4. The quantitative estimate of drug-likeness (QED) is 0.681. The number of carbonyl (C=O) groups excluding carboxylic acids is 1. The van der Waals surface area contributed by atoms with Crippen molar-refractivity contribution in [3.8, 4) is 0 Å². The molecule has 0 bridgehead atoms. The molecule has 8 heteroatoms. The zero-order chi connectivity index (χ0) is 17.1. The van der Waals surface area contributed by atoms with Gasteiger partial charge in [-0.2, -0.15) is 0 Å². The van der Waals surface area contributed by atoms with Crippen LogP contribution < -0.4 is 10.2 Å². The highest BCUT2D eigenvalue weighted by atomic mass is 35.5. The highest BCUT2D eigenvalue weighted by Crippen LogP contribution is 2.26. The molecular weight excluding hydrogens is 325 g/mol. The highest BCUT2D eigenvalue weighted by Gasteiger charge is 2.19. The fourth-order valence-corrected chi connectivity index (χ4v) is 2.16. The van der Waals surface area contributed by atoms with Crippen LogP contribution in [0.3, 0.4) is 0 Å². The predicted molar refractivity (Wildman–Crippen MR) is 86.8 cm³/mol. The molecule has 0 heterocycles. The Labute approximate surface area is 136 Å². The summed E-state index contributed by atoms with van der Waals surface area (Å²) in [5, 5.41) is 13.5. The largest absolute Gasteiger partial charge is 0.377 e. The second-order valence-electron chi connectivity index (χ2n) is 4.93. The molecule has 2 rings (SSSR count). The van der Waals surface area contributed by atoms with E-state index in [0.29, 0.717) is 5.69 Å². The molecule has 0 atom stereocenters. The lowest BCUT2D eigenvalue weighted by atomic mass is 10.1. The molecule has 0 radical (unpaired) electrons. The molecule has 0 spiro atoms. The Kier molecular flexibility index (Phi) is 4.80. The minimum Gasteiger partial charge on any atom is -0.377 e. The average molecular weight is 338 g/mol. The molecule has 0 saturated heterocycles. The van der Waals surface area contributed by atoms with Crippen LogP contribution in [0.25, 0.3) is 0 Å². The second kappa shape index (κ2) is 6.62. The lowest BCUT2D eigenvalue weighted by Gasteiger charge is -2.17. The van der Waals surface area contributed by atoms with Gasteiger partial charge >= 0.3 is 0 Å². The minimum absolute atomic E-state index is 0.0589. The zero-order valence-electron chi connectivity index (χ0n) is 12.3. The molecular formula is C15H13ClFN3O3. The van der Waals surface area contributed by atoms with Gasteiger partial charge in [-0.3, -0.25) is 14.9 Å². The molecule has 1 amide bonds. The van der Waals surface area contributed by atoms with Gasteiger partial charge in [-0.1, -0.05) is 11.6 Å². The number of carbonyl (C=O) groups is 1. The number of halogens is 2.